The molecule has 0 spiro atoms. The first kappa shape index (κ1) is 45.6. The second kappa shape index (κ2) is 37.4. The van der Waals surface area contributed by atoms with Crippen LogP contribution in [0.4, 0.5) is 0 Å². The van der Waals surface area contributed by atoms with E-state index in [1.807, 2.05) is 18.2 Å². The van der Waals surface area contributed by atoms with Crippen molar-refractivity contribution in [2.45, 2.75) is 155 Å². The van der Waals surface area contributed by atoms with Crippen molar-refractivity contribution in [3.8, 4) is 0 Å². The Morgan fingerprint density at radius 3 is 1.41 bits per heavy atom. The van der Waals surface area contributed by atoms with Gasteiger partial charge in [-0.15, -0.1) is 0 Å². The molecule has 0 amide bonds. The highest BCUT2D eigenvalue weighted by molar-refractivity contribution is 5.72. The molecule has 6 nitrogen and oxygen atoms in total. The van der Waals surface area contributed by atoms with E-state index in [1.54, 1.807) is 12.2 Å². The molecule has 49 heavy (non-hydrogen) atoms. The SMILES string of the molecule is CC/C=C\C/C=C\C/C=C\CC(=O)OCC(COC(=O)CCCCC/C=C\CCCCCCCC)OC(=O)C/C=C\C/C=C\C/C=C\CC. The van der Waals surface area contributed by atoms with Gasteiger partial charge in [0.05, 0.1) is 12.8 Å². The van der Waals surface area contributed by atoms with Crippen LogP contribution >= 0.6 is 0 Å². The van der Waals surface area contributed by atoms with Crippen molar-refractivity contribution >= 4 is 17.9 Å². The van der Waals surface area contributed by atoms with E-state index in [0.717, 1.165) is 70.6 Å². The first-order chi connectivity index (χ1) is 24.0. The molecule has 1 unspecified atom stereocenters. The molecule has 0 radical (unpaired) electrons. The van der Waals surface area contributed by atoms with Crippen LogP contribution in [0.15, 0.2) is 85.1 Å². The van der Waals surface area contributed by atoms with Crippen molar-refractivity contribution in [1.82, 2.24) is 0 Å². The molecule has 0 aliphatic rings. The smallest absolute Gasteiger partial charge is 0.310 e. The summed E-state index contributed by atoms with van der Waals surface area (Å²) in [5, 5.41) is 0. The molecule has 0 bridgehead atoms. The average molecular weight is 681 g/mol. The Hall–Kier alpha value is -3.41. The molecule has 0 aliphatic carbocycles. The van der Waals surface area contributed by atoms with Gasteiger partial charge in [-0.1, -0.05) is 144 Å². The number of unbranched alkanes of at least 4 members (excludes halogenated alkanes) is 9. The van der Waals surface area contributed by atoms with Crippen LogP contribution in [0.3, 0.4) is 0 Å². The lowest BCUT2D eigenvalue weighted by Gasteiger charge is -2.17. The normalized spacial score (nSPS) is 13.0. The first-order valence-corrected chi connectivity index (χ1v) is 19.1. The Morgan fingerprint density at radius 2 is 0.878 bits per heavy atom. The number of esters is 3. The largest absolute Gasteiger partial charge is 0.462 e. The monoisotopic (exact) mass is 681 g/mol. The average Bonchev–Trinajstić information content (AvgIpc) is 3.10. The minimum atomic E-state index is -0.862. The highest BCUT2D eigenvalue weighted by atomic mass is 16.6. The van der Waals surface area contributed by atoms with Crippen molar-refractivity contribution in [2.24, 2.45) is 0 Å². The molecule has 0 aliphatic heterocycles. The summed E-state index contributed by atoms with van der Waals surface area (Å²) in [6.07, 6.45) is 46.4. The number of hydrogen-bond acceptors (Lipinski definition) is 6. The highest BCUT2D eigenvalue weighted by Gasteiger charge is 2.18. The number of rotatable bonds is 32. The Morgan fingerprint density at radius 1 is 0.449 bits per heavy atom. The maximum atomic E-state index is 12.5. The summed E-state index contributed by atoms with van der Waals surface area (Å²) in [5.74, 6) is -1.24. The van der Waals surface area contributed by atoms with E-state index in [9.17, 15) is 14.4 Å². The fourth-order valence-corrected chi connectivity index (χ4v) is 4.62. The summed E-state index contributed by atoms with van der Waals surface area (Å²) in [4.78, 5) is 37.2. The molecule has 0 aromatic heterocycles. The molecule has 6 heteroatoms. The van der Waals surface area contributed by atoms with Crippen LogP contribution in [0, 0.1) is 0 Å². The lowest BCUT2D eigenvalue weighted by molar-refractivity contribution is -0.166. The van der Waals surface area contributed by atoms with Gasteiger partial charge >= 0.3 is 17.9 Å². The van der Waals surface area contributed by atoms with E-state index in [1.165, 1.54) is 38.5 Å². The predicted molar refractivity (Wildman–Crippen MR) is 205 cm³/mol. The first-order valence-electron chi connectivity index (χ1n) is 19.1. The van der Waals surface area contributed by atoms with Gasteiger partial charge in [-0.05, 0) is 70.6 Å². The number of carbonyl (C=O) groups is 3. The molecule has 0 heterocycles. The topological polar surface area (TPSA) is 78.9 Å². The van der Waals surface area contributed by atoms with Crippen LogP contribution in [-0.2, 0) is 28.6 Å². The maximum Gasteiger partial charge on any atom is 0.310 e. The molecule has 0 saturated heterocycles. The summed E-state index contributed by atoms with van der Waals surface area (Å²) >= 11 is 0. The van der Waals surface area contributed by atoms with Crippen LogP contribution in [0.5, 0.6) is 0 Å². The van der Waals surface area contributed by atoms with Crippen molar-refractivity contribution < 1.29 is 28.6 Å². The summed E-state index contributed by atoms with van der Waals surface area (Å²) < 4.78 is 16.3. The highest BCUT2D eigenvalue weighted by Crippen LogP contribution is 2.10. The zero-order chi connectivity index (χ0) is 35.9. The zero-order valence-electron chi connectivity index (χ0n) is 31.2. The minimum absolute atomic E-state index is 0.0832. The lowest BCUT2D eigenvalue weighted by atomic mass is 10.1. The summed E-state index contributed by atoms with van der Waals surface area (Å²) in [5.41, 5.74) is 0. The third-order valence-corrected chi connectivity index (χ3v) is 7.43. The Labute approximate surface area is 299 Å². The van der Waals surface area contributed by atoms with Gasteiger partial charge in [-0.25, -0.2) is 0 Å². The molecular formula is C43H68O6. The van der Waals surface area contributed by atoms with Crippen molar-refractivity contribution in [3.63, 3.8) is 0 Å². The van der Waals surface area contributed by atoms with Crippen molar-refractivity contribution in [3.05, 3.63) is 85.1 Å². The minimum Gasteiger partial charge on any atom is -0.462 e. The van der Waals surface area contributed by atoms with Crippen LogP contribution in [0.25, 0.3) is 0 Å². The fourth-order valence-electron chi connectivity index (χ4n) is 4.62. The molecule has 276 valence electrons. The van der Waals surface area contributed by atoms with E-state index in [0.29, 0.717) is 6.42 Å². The second-order valence-electron chi connectivity index (χ2n) is 12.1. The molecule has 0 rings (SSSR count). The number of carbonyl (C=O) groups excluding carboxylic acids is 3. The third-order valence-electron chi connectivity index (χ3n) is 7.43. The van der Waals surface area contributed by atoms with Crippen LogP contribution in [-0.4, -0.2) is 37.2 Å². The van der Waals surface area contributed by atoms with Gasteiger partial charge in [0, 0.05) is 6.42 Å². The Kier molecular flexibility index (Phi) is 34.8. The quantitative estimate of drug-likeness (QED) is 0.0304. The molecular weight excluding hydrogens is 612 g/mol. The lowest BCUT2D eigenvalue weighted by Crippen LogP contribution is -2.30. The number of ether oxygens (including phenoxy) is 3. The molecule has 0 saturated carbocycles. The predicted octanol–water partition coefficient (Wildman–Crippen LogP) is 11.7. The number of allylic oxidation sites excluding steroid dienone is 12. The van der Waals surface area contributed by atoms with Gasteiger partial charge < -0.3 is 14.2 Å². The molecule has 0 N–H and O–H groups in total. The van der Waals surface area contributed by atoms with Crippen LogP contribution in [0.2, 0.25) is 0 Å². The van der Waals surface area contributed by atoms with Gasteiger partial charge in [-0.3, -0.25) is 14.4 Å². The standard InChI is InChI=1S/C43H68O6/c1-4-7-10-13-16-19-20-21-22-25-27-30-33-36-42(45)48-39-40(49-43(46)37-34-31-28-24-18-15-12-9-6-3)38-47-41(44)35-32-29-26-23-17-14-11-8-5-2/h8-9,11-12,17-18,21-24,29,31-32,34,40H,4-7,10,13-16,19-20,25-28,30,33,35-39H2,1-3H3/b11-8-,12-9-,22-21-,23-17-,24-18-,32-29-,34-31-. The van der Waals surface area contributed by atoms with E-state index in [2.05, 4.69) is 75.5 Å². The summed E-state index contributed by atoms with van der Waals surface area (Å²) in [7, 11) is 0. The molecule has 0 aromatic rings. The van der Waals surface area contributed by atoms with Gasteiger partial charge in [0.25, 0.3) is 0 Å². The molecule has 0 fully saturated rings. The van der Waals surface area contributed by atoms with E-state index in [-0.39, 0.29) is 32.0 Å². The van der Waals surface area contributed by atoms with Crippen molar-refractivity contribution in [1.29, 1.82) is 0 Å². The fraction of sp³-hybridized carbons (Fsp3) is 0.605. The summed E-state index contributed by atoms with van der Waals surface area (Å²) in [6, 6.07) is 0. The van der Waals surface area contributed by atoms with Crippen molar-refractivity contribution in [2.75, 3.05) is 13.2 Å². The Bertz CT molecular complexity index is 1010. The van der Waals surface area contributed by atoms with Gasteiger partial charge in [-0.2, -0.15) is 0 Å². The molecule has 0 aromatic carbocycles. The van der Waals surface area contributed by atoms with Gasteiger partial charge in [0.2, 0.25) is 0 Å². The van der Waals surface area contributed by atoms with E-state index in [4.69, 9.17) is 14.2 Å². The molecule has 1 atom stereocenters. The summed E-state index contributed by atoms with van der Waals surface area (Å²) in [6.45, 7) is 6.13. The van der Waals surface area contributed by atoms with Crippen LogP contribution < -0.4 is 0 Å². The van der Waals surface area contributed by atoms with E-state index < -0.39 is 18.0 Å². The maximum absolute atomic E-state index is 12.5. The zero-order valence-corrected chi connectivity index (χ0v) is 31.2. The second-order valence-corrected chi connectivity index (χ2v) is 12.1. The third kappa shape index (κ3) is 35.7. The van der Waals surface area contributed by atoms with Gasteiger partial charge in [0.1, 0.15) is 13.2 Å². The van der Waals surface area contributed by atoms with Gasteiger partial charge in [0.15, 0.2) is 6.10 Å². The van der Waals surface area contributed by atoms with Crippen LogP contribution in [0.1, 0.15) is 149 Å². The Balaban J connectivity index is 4.57. The number of hydrogen-bond donors (Lipinski definition) is 0. The van der Waals surface area contributed by atoms with E-state index >= 15 is 0 Å².